The third kappa shape index (κ3) is 3.61. The zero-order valence-electron chi connectivity index (χ0n) is 12.6. The highest BCUT2D eigenvalue weighted by Crippen LogP contribution is 2.29. The number of hydrogen-bond donors (Lipinski definition) is 0. The van der Waals surface area contributed by atoms with Crippen LogP contribution in [0.15, 0.2) is 27.6 Å². The predicted octanol–water partition coefficient (Wildman–Crippen LogP) is 1.70. The van der Waals surface area contributed by atoms with Crippen molar-refractivity contribution in [2.75, 3.05) is 33.3 Å². The van der Waals surface area contributed by atoms with Gasteiger partial charge in [-0.2, -0.15) is 4.31 Å². The number of sulfonamides is 1. The maximum absolute atomic E-state index is 12.7. The largest absolute Gasteiger partial charge is 0.496 e. The lowest BCUT2D eigenvalue weighted by atomic mass is 10.3. The number of methoxy groups -OCH3 is 1. The van der Waals surface area contributed by atoms with Crippen LogP contribution in [0, 0.1) is 0 Å². The maximum Gasteiger partial charge on any atom is 0.243 e. The number of carbonyl (C=O) groups is 1. The van der Waals surface area contributed by atoms with Gasteiger partial charge in [0.25, 0.3) is 0 Å². The summed E-state index contributed by atoms with van der Waals surface area (Å²) in [5.74, 6) is 0.559. The Kier molecular flexibility index (Phi) is 5.46. The van der Waals surface area contributed by atoms with Gasteiger partial charge in [-0.05, 0) is 40.5 Å². The van der Waals surface area contributed by atoms with Crippen LogP contribution in [0.25, 0.3) is 0 Å². The number of rotatable bonds is 3. The molecule has 1 amide bonds. The molecule has 0 atom stereocenters. The van der Waals surface area contributed by atoms with Gasteiger partial charge in [-0.15, -0.1) is 0 Å². The number of hydrogen-bond acceptors (Lipinski definition) is 4. The number of amides is 1. The molecule has 6 nitrogen and oxygen atoms in total. The Morgan fingerprint density at radius 1 is 1.23 bits per heavy atom. The van der Waals surface area contributed by atoms with Crippen LogP contribution in [0.2, 0.25) is 0 Å². The highest BCUT2D eigenvalue weighted by molar-refractivity contribution is 9.10. The van der Waals surface area contributed by atoms with Gasteiger partial charge >= 0.3 is 0 Å². The minimum atomic E-state index is -3.57. The third-order valence-corrected chi connectivity index (χ3v) is 6.18. The lowest BCUT2D eigenvalue weighted by Crippen LogP contribution is -2.36. The van der Waals surface area contributed by atoms with Gasteiger partial charge < -0.3 is 9.64 Å². The lowest BCUT2D eigenvalue weighted by Gasteiger charge is -2.21. The molecule has 1 saturated heterocycles. The second-order valence-electron chi connectivity index (χ2n) is 5.06. The minimum absolute atomic E-state index is 0.0218. The number of halogens is 1. The van der Waals surface area contributed by atoms with Crippen molar-refractivity contribution >= 4 is 31.9 Å². The van der Waals surface area contributed by atoms with Crippen LogP contribution in [0.4, 0.5) is 0 Å². The Morgan fingerprint density at radius 2 is 1.95 bits per heavy atom. The van der Waals surface area contributed by atoms with E-state index in [1.165, 1.54) is 24.4 Å². The first kappa shape index (κ1) is 17.2. The van der Waals surface area contributed by atoms with E-state index in [1.54, 1.807) is 17.0 Å². The summed E-state index contributed by atoms with van der Waals surface area (Å²) < 4.78 is 32.6. The SMILES string of the molecule is COc1ccc(S(=O)(=O)N2CCCN(C(C)=O)CC2)cc1Br. The molecule has 0 radical (unpaired) electrons. The van der Waals surface area contributed by atoms with Crippen LogP contribution in [0.1, 0.15) is 13.3 Å². The second-order valence-corrected chi connectivity index (χ2v) is 7.85. The summed E-state index contributed by atoms with van der Waals surface area (Å²) in [4.78, 5) is 13.3. The van der Waals surface area contributed by atoms with E-state index < -0.39 is 10.0 Å². The molecule has 0 unspecified atom stereocenters. The summed E-state index contributed by atoms with van der Waals surface area (Å²) in [5.41, 5.74) is 0. The van der Waals surface area contributed by atoms with Crippen LogP contribution in [-0.2, 0) is 14.8 Å². The van der Waals surface area contributed by atoms with Crippen LogP contribution < -0.4 is 4.74 Å². The Balaban J connectivity index is 2.23. The molecule has 1 fully saturated rings. The first-order chi connectivity index (χ1) is 10.4. The third-order valence-electron chi connectivity index (χ3n) is 3.66. The number of carbonyl (C=O) groups excluding carboxylic acids is 1. The van der Waals surface area contributed by atoms with E-state index in [4.69, 9.17) is 4.74 Å². The van der Waals surface area contributed by atoms with Gasteiger partial charge in [0.1, 0.15) is 5.75 Å². The van der Waals surface area contributed by atoms with E-state index in [2.05, 4.69) is 15.9 Å². The first-order valence-corrected chi connectivity index (χ1v) is 9.19. The molecule has 1 aliphatic rings. The molecule has 1 aromatic rings. The highest BCUT2D eigenvalue weighted by atomic mass is 79.9. The average Bonchev–Trinajstić information content (AvgIpc) is 2.73. The smallest absolute Gasteiger partial charge is 0.243 e. The van der Waals surface area contributed by atoms with Crippen LogP contribution in [-0.4, -0.2) is 56.8 Å². The molecule has 0 aromatic heterocycles. The fourth-order valence-electron chi connectivity index (χ4n) is 2.41. The molecular formula is C14H19BrN2O4S. The van der Waals surface area contributed by atoms with Gasteiger partial charge in [0.15, 0.2) is 0 Å². The van der Waals surface area contributed by atoms with Gasteiger partial charge in [-0.25, -0.2) is 8.42 Å². The van der Waals surface area contributed by atoms with Crippen molar-refractivity contribution in [3.05, 3.63) is 22.7 Å². The fraction of sp³-hybridized carbons (Fsp3) is 0.500. The van der Waals surface area contributed by atoms with Crippen LogP contribution in [0.3, 0.4) is 0 Å². The standard InChI is InChI=1S/C14H19BrN2O4S/c1-11(18)16-6-3-7-17(9-8-16)22(19,20)12-4-5-14(21-2)13(15)10-12/h4-5,10H,3,6-9H2,1-2H3. The van der Waals surface area contributed by atoms with Crippen LogP contribution >= 0.6 is 15.9 Å². The molecule has 122 valence electrons. The summed E-state index contributed by atoms with van der Waals surface area (Å²) in [7, 11) is -2.04. The highest BCUT2D eigenvalue weighted by Gasteiger charge is 2.28. The minimum Gasteiger partial charge on any atom is -0.496 e. The molecule has 8 heteroatoms. The Labute approximate surface area is 139 Å². The molecule has 0 saturated carbocycles. The maximum atomic E-state index is 12.7. The van der Waals surface area contributed by atoms with Crippen molar-refractivity contribution in [1.29, 1.82) is 0 Å². The number of ether oxygens (including phenoxy) is 1. The number of nitrogens with zero attached hydrogens (tertiary/aromatic N) is 2. The predicted molar refractivity (Wildman–Crippen MR) is 86.3 cm³/mol. The Morgan fingerprint density at radius 3 is 2.55 bits per heavy atom. The first-order valence-electron chi connectivity index (χ1n) is 6.95. The number of benzene rings is 1. The van der Waals surface area contributed by atoms with Crippen molar-refractivity contribution in [2.45, 2.75) is 18.2 Å². The van der Waals surface area contributed by atoms with E-state index >= 15 is 0 Å². The summed E-state index contributed by atoms with van der Waals surface area (Å²) in [6.07, 6.45) is 0.635. The second kappa shape index (κ2) is 6.97. The Bertz CT molecular complexity index is 663. The molecular weight excluding hydrogens is 372 g/mol. The summed E-state index contributed by atoms with van der Waals surface area (Å²) in [5, 5.41) is 0. The monoisotopic (exact) mass is 390 g/mol. The normalized spacial score (nSPS) is 17.1. The van der Waals surface area contributed by atoms with Crippen molar-refractivity contribution in [3.8, 4) is 5.75 Å². The average molecular weight is 391 g/mol. The van der Waals surface area contributed by atoms with Crippen molar-refractivity contribution < 1.29 is 17.9 Å². The van der Waals surface area contributed by atoms with E-state index in [9.17, 15) is 13.2 Å². The summed E-state index contributed by atoms with van der Waals surface area (Å²) >= 11 is 3.31. The molecule has 1 aliphatic heterocycles. The summed E-state index contributed by atoms with van der Waals surface area (Å²) in [6, 6.07) is 4.70. The van der Waals surface area contributed by atoms with Crippen molar-refractivity contribution in [3.63, 3.8) is 0 Å². The fourth-order valence-corrected chi connectivity index (χ4v) is 4.59. The van der Waals surface area contributed by atoms with Gasteiger partial charge in [0.2, 0.25) is 15.9 Å². The van der Waals surface area contributed by atoms with Gasteiger partial charge in [0.05, 0.1) is 16.5 Å². The van der Waals surface area contributed by atoms with Gasteiger partial charge in [-0.1, -0.05) is 0 Å². The Hall–Kier alpha value is -1.12. The molecule has 1 heterocycles. The van der Waals surface area contributed by atoms with Gasteiger partial charge in [-0.3, -0.25) is 4.79 Å². The molecule has 1 aromatic carbocycles. The molecule has 0 spiro atoms. The van der Waals surface area contributed by atoms with Crippen LogP contribution in [0.5, 0.6) is 5.75 Å². The zero-order valence-corrected chi connectivity index (χ0v) is 15.0. The topological polar surface area (TPSA) is 66.9 Å². The molecule has 0 bridgehead atoms. The van der Waals surface area contributed by atoms with E-state index in [1.807, 2.05) is 0 Å². The van der Waals surface area contributed by atoms with E-state index in [0.717, 1.165) is 0 Å². The van der Waals surface area contributed by atoms with Crippen molar-refractivity contribution in [1.82, 2.24) is 9.21 Å². The lowest BCUT2D eigenvalue weighted by molar-refractivity contribution is -0.128. The molecule has 0 N–H and O–H groups in total. The molecule has 22 heavy (non-hydrogen) atoms. The zero-order chi connectivity index (χ0) is 16.3. The quantitative estimate of drug-likeness (QED) is 0.787. The molecule has 2 rings (SSSR count). The van der Waals surface area contributed by atoms with Gasteiger partial charge in [0, 0.05) is 33.1 Å². The summed E-state index contributed by atoms with van der Waals surface area (Å²) in [6.45, 7) is 3.24. The molecule has 0 aliphatic carbocycles. The van der Waals surface area contributed by atoms with E-state index in [0.29, 0.717) is 42.8 Å². The van der Waals surface area contributed by atoms with E-state index in [-0.39, 0.29) is 10.8 Å². The van der Waals surface area contributed by atoms with Crippen molar-refractivity contribution in [2.24, 2.45) is 0 Å².